The highest BCUT2D eigenvalue weighted by molar-refractivity contribution is 6.07. The van der Waals surface area contributed by atoms with Gasteiger partial charge in [0, 0.05) is 55.6 Å². The van der Waals surface area contributed by atoms with Crippen LogP contribution in [0.15, 0.2) is 67.3 Å². The quantitative estimate of drug-likeness (QED) is 0.477. The van der Waals surface area contributed by atoms with Gasteiger partial charge in [0.05, 0.1) is 17.7 Å². The van der Waals surface area contributed by atoms with Crippen molar-refractivity contribution in [3.63, 3.8) is 0 Å². The van der Waals surface area contributed by atoms with Crippen molar-refractivity contribution >= 4 is 34.8 Å². The lowest BCUT2D eigenvalue weighted by atomic mass is 9.96. The maximum atomic E-state index is 13.0. The lowest BCUT2D eigenvalue weighted by Crippen LogP contribution is -2.38. The predicted octanol–water partition coefficient (Wildman–Crippen LogP) is 2.87. The highest BCUT2D eigenvalue weighted by Gasteiger charge is 2.24. The van der Waals surface area contributed by atoms with Crippen molar-refractivity contribution in [3.05, 3.63) is 72.8 Å². The molecule has 0 bridgehead atoms. The van der Waals surface area contributed by atoms with Crippen LogP contribution in [0.25, 0.3) is 0 Å². The van der Waals surface area contributed by atoms with E-state index in [1.54, 1.807) is 43.0 Å². The minimum absolute atomic E-state index is 0.101. The second-order valence-corrected chi connectivity index (χ2v) is 8.31. The van der Waals surface area contributed by atoms with Crippen LogP contribution in [0, 0.1) is 5.92 Å². The number of nitrogens with one attached hydrogen (secondary N) is 2. The normalized spacial score (nSPS) is 13.9. The summed E-state index contributed by atoms with van der Waals surface area (Å²) in [4.78, 5) is 42.9. The molecule has 176 valence electrons. The van der Waals surface area contributed by atoms with Gasteiger partial charge in [0.1, 0.15) is 0 Å². The van der Waals surface area contributed by atoms with Crippen molar-refractivity contribution in [3.8, 4) is 0 Å². The molecular formula is C25H28N6O3. The fourth-order valence-electron chi connectivity index (χ4n) is 4.07. The van der Waals surface area contributed by atoms with Crippen molar-refractivity contribution in [2.24, 2.45) is 11.7 Å². The van der Waals surface area contributed by atoms with Crippen LogP contribution in [0.3, 0.4) is 0 Å². The van der Waals surface area contributed by atoms with Gasteiger partial charge in [-0.15, -0.1) is 0 Å². The van der Waals surface area contributed by atoms with E-state index in [0.29, 0.717) is 55.8 Å². The fraction of sp³-hybridized carbons (Fsp3) is 0.280. The molecule has 0 spiro atoms. The zero-order valence-corrected chi connectivity index (χ0v) is 18.8. The third-order valence-electron chi connectivity index (χ3n) is 5.96. The van der Waals surface area contributed by atoms with Gasteiger partial charge in [0.25, 0.3) is 5.91 Å². The molecule has 2 aromatic carbocycles. The molecule has 3 aromatic rings. The molecule has 3 amide bonds. The summed E-state index contributed by atoms with van der Waals surface area (Å²) in [7, 11) is 0. The number of piperidine rings is 1. The lowest BCUT2D eigenvalue weighted by Gasteiger charge is -2.33. The van der Waals surface area contributed by atoms with E-state index >= 15 is 0 Å². The monoisotopic (exact) mass is 460 g/mol. The van der Waals surface area contributed by atoms with Crippen LogP contribution < -0.4 is 21.3 Å². The number of carbonyl (C=O) groups is 3. The zero-order valence-electron chi connectivity index (χ0n) is 18.8. The third-order valence-corrected chi connectivity index (χ3v) is 5.96. The van der Waals surface area contributed by atoms with E-state index < -0.39 is 0 Å². The second-order valence-electron chi connectivity index (χ2n) is 8.31. The number of rotatable bonds is 8. The molecule has 1 fully saturated rings. The van der Waals surface area contributed by atoms with Gasteiger partial charge in [-0.1, -0.05) is 18.2 Å². The molecular weight excluding hydrogens is 432 g/mol. The maximum Gasteiger partial charge on any atom is 0.255 e. The van der Waals surface area contributed by atoms with Gasteiger partial charge in [-0.25, -0.2) is 4.98 Å². The lowest BCUT2D eigenvalue weighted by molar-refractivity contribution is -0.122. The molecule has 0 atom stereocenters. The van der Waals surface area contributed by atoms with Crippen LogP contribution in [0.2, 0.25) is 0 Å². The molecule has 1 saturated heterocycles. The van der Waals surface area contributed by atoms with Gasteiger partial charge in [-0.05, 0) is 43.2 Å². The Morgan fingerprint density at radius 3 is 2.56 bits per heavy atom. The summed E-state index contributed by atoms with van der Waals surface area (Å²) >= 11 is 0. The molecule has 1 aromatic heterocycles. The number of hydrogen-bond acceptors (Lipinski definition) is 5. The van der Waals surface area contributed by atoms with E-state index in [0.717, 1.165) is 5.69 Å². The minimum Gasteiger partial charge on any atom is -0.370 e. The number of para-hydroxylation sites is 2. The standard InChI is InChI=1S/C25H28N6O3/c26-24(33)18-8-13-31(14-9-18)22-7-2-1-6-21(22)29-25(34)19-4-3-5-20(16-19)28-23(32)10-12-30-15-11-27-17-30/h1-7,11,15-18H,8-10,12-14H2,(H2,26,33)(H,28,32)(H,29,34). The molecule has 4 rings (SSSR count). The molecule has 0 saturated carbocycles. The van der Waals surface area contributed by atoms with Gasteiger partial charge >= 0.3 is 0 Å². The number of anilines is 3. The van der Waals surface area contributed by atoms with Crippen LogP contribution in [0.4, 0.5) is 17.1 Å². The largest absolute Gasteiger partial charge is 0.370 e. The average molecular weight is 461 g/mol. The molecule has 34 heavy (non-hydrogen) atoms. The van der Waals surface area contributed by atoms with E-state index in [-0.39, 0.29) is 23.6 Å². The van der Waals surface area contributed by atoms with Gasteiger partial charge in [-0.2, -0.15) is 0 Å². The van der Waals surface area contributed by atoms with Crippen molar-refractivity contribution in [2.45, 2.75) is 25.8 Å². The highest BCUT2D eigenvalue weighted by Crippen LogP contribution is 2.30. The van der Waals surface area contributed by atoms with E-state index in [1.807, 2.05) is 28.8 Å². The SMILES string of the molecule is NC(=O)C1CCN(c2ccccc2NC(=O)c2cccc(NC(=O)CCn3ccnc3)c2)CC1. The number of nitrogens with zero attached hydrogens (tertiary/aromatic N) is 3. The van der Waals surface area contributed by atoms with Crippen molar-refractivity contribution in [1.29, 1.82) is 0 Å². The van der Waals surface area contributed by atoms with Crippen LogP contribution >= 0.6 is 0 Å². The average Bonchev–Trinajstić information content (AvgIpc) is 3.37. The Balaban J connectivity index is 1.39. The molecule has 0 radical (unpaired) electrons. The first-order chi connectivity index (χ1) is 16.5. The Morgan fingerprint density at radius 2 is 1.82 bits per heavy atom. The number of amides is 3. The van der Waals surface area contributed by atoms with E-state index in [2.05, 4.69) is 20.5 Å². The summed E-state index contributed by atoms with van der Waals surface area (Å²) in [5, 5.41) is 5.83. The topological polar surface area (TPSA) is 122 Å². The molecule has 9 heteroatoms. The summed E-state index contributed by atoms with van der Waals surface area (Å²) in [5.41, 5.74) is 8.05. The van der Waals surface area contributed by atoms with Crippen molar-refractivity contribution < 1.29 is 14.4 Å². The summed E-state index contributed by atoms with van der Waals surface area (Å²) in [6.07, 6.45) is 6.82. The number of primary amides is 1. The number of imidazole rings is 1. The Kier molecular flexibility index (Phi) is 7.22. The Bertz CT molecular complexity index is 1150. The number of carbonyl (C=O) groups excluding carboxylic acids is 3. The summed E-state index contributed by atoms with van der Waals surface area (Å²) < 4.78 is 1.83. The van der Waals surface area contributed by atoms with Crippen LogP contribution in [-0.4, -0.2) is 40.4 Å². The molecule has 9 nitrogen and oxygen atoms in total. The van der Waals surface area contributed by atoms with Crippen LogP contribution in [0.5, 0.6) is 0 Å². The fourth-order valence-corrected chi connectivity index (χ4v) is 4.07. The highest BCUT2D eigenvalue weighted by atomic mass is 16.2. The van der Waals surface area contributed by atoms with Gasteiger partial charge in [-0.3, -0.25) is 14.4 Å². The van der Waals surface area contributed by atoms with Crippen molar-refractivity contribution in [1.82, 2.24) is 9.55 Å². The minimum atomic E-state index is -0.269. The Hall–Kier alpha value is -4.14. The molecule has 0 unspecified atom stereocenters. The molecule has 2 heterocycles. The number of nitrogens with two attached hydrogens (primary N) is 1. The second kappa shape index (κ2) is 10.7. The zero-order chi connectivity index (χ0) is 23.9. The number of aromatic nitrogens is 2. The molecule has 1 aliphatic heterocycles. The van der Waals surface area contributed by atoms with Crippen LogP contribution in [0.1, 0.15) is 29.6 Å². The van der Waals surface area contributed by atoms with Gasteiger partial charge < -0.3 is 25.8 Å². The third kappa shape index (κ3) is 5.80. The Morgan fingerprint density at radius 1 is 1.03 bits per heavy atom. The number of benzene rings is 2. The first-order valence-electron chi connectivity index (χ1n) is 11.3. The summed E-state index contributed by atoms with van der Waals surface area (Å²) in [6.45, 7) is 1.92. The first-order valence-corrected chi connectivity index (χ1v) is 11.3. The van der Waals surface area contributed by atoms with E-state index in [1.165, 1.54) is 0 Å². The molecule has 0 aliphatic carbocycles. The first kappa shape index (κ1) is 23.0. The maximum absolute atomic E-state index is 13.0. The van der Waals surface area contributed by atoms with E-state index in [9.17, 15) is 14.4 Å². The Labute approximate surface area is 198 Å². The smallest absolute Gasteiger partial charge is 0.255 e. The van der Waals surface area contributed by atoms with Crippen molar-refractivity contribution in [2.75, 3.05) is 28.6 Å². The predicted molar refractivity (Wildman–Crippen MR) is 130 cm³/mol. The van der Waals surface area contributed by atoms with Gasteiger partial charge in [0.15, 0.2) is 0 Å². The van der Waals surface area contributed by atoms with E-state index in [4.69, 9.17) is 5.73 Å². The summed E-state index contributed by atoms with van der Waals surface area (Å²) in [6, 6.07) is 14.5. The molecule has 1 aliphatic rings. The van der Waals surface area contributed by atoms with Crippen LogP contribution in [-0.2, 0) is 16.1 Å². The number of aryl methyl sites for hydroxylation is 1. The van der Waals surface area contributed by atoms with Gasteiger partial charge in [0.2, 0.25) is 11.8 Å². The molecule has 4 N–H and O–H groups in total. The number of hydrogen-bond donors (Lipinski definition) is 3. The summed E-state index contributed by atoms with van der Waals surface area (Å²) in [5.74, 6) is -0.768.